The SMILES string of the molecule is CCCCNc1cc(Cl)c(S(=O)[O-])cc1C(=O)O. The maximum absolute atomic E-state index is 11.1. The lowest BCUT2D eigenvalue weighted by molar-refractivity contribution is 0.0697. The summed E-state index contributed by atoms with van der Waals surface area (Å²) in [6, 6.07) is 2.38. The fourth-order valence-electron chi connectivity index (χ4n) is 1.40. The molecular formula is C11H13ClNO4S-. The Morgan fingerprint density at radius 3 is 2.72 bits per heavy atom. The second-order valence-corrected chi connectivity index (χ2v) is 4.96. The molecule has 0 fully saturated rings. The number of hydrogen-bond donors (Lipinski definition) is 2. The molecule has 1 atom stereocenters. The van der Waals surface area contributed by atoms with Crippen molar-refractivity contribution in [2.75, 3.05) is 11.9 Å². The van der Waals surface area contributed by atoms with Crippen LogP contribution in [0.3, 0.4) is 0 Å². The van der Waals surface area contributed by atoms with Crippen LogP contribution in [0.25, 0.3) is 0 Å². The van der Waals surface area contributed by atoms with E-state index < -0.39 is 17.0 Å². The number of unbranched alkanes of at least 4 members (excludes halogenated alkanes) is 1. The van der Waals surface area contributed by atoms with E-state index in [1.165, 1.54) is 6.07 Å². The molecule has 0 aliphatic rings. The van der Waals surface area contributed by atoms with Crippen LogP contribution in [0.1, 0.15) is 30.1 Å². The van der Waals surface area contributed by atoms with Gasteiger partial charge < -0.3 is 15.0 Å². The second-order valence-electron chi connectivity index (χ2n) is 3.65. The Balaban J connectivity index is 3.12. The number of aromatic carboxylic acids is 1. The molecule has 1 aromatic rings. The Morgan fingerprint density at radius 1 is 1.56 bits per heavy atom. The first-order valence-corrected chi connectivity index (χ1v) is 6.82. The summed E-state index contributed by atoms with van der Waals surface area (Å²) in [6.45, 7) is 2.61. The Kier molecular flexibility index (Phi) is 5.58. The van der Waals surface area contributed by atoms with Gasteiger partial charge in [0.2, 0.25) is 0 Å². The van der Waals surface area contributed by atoms with Crippen LogP contribution in [-0.2, 0) is 11.1 Å². The molecular weight excluding hydrogens is 278 g/mol. The number of anilines is 1. The average Bonchev–Trinajstić information content (AvgIpc) is 2.28. The lowest BCUT2D eigenvalue weighted by Crippen LogP contribution is -2.09. The highest BCUT2D eigenvalue weighted by atomic mass is 35.5. The predicted octanol–water partition coefficient (Wildman–Crippen LogP) is 2.49. The summed E-state index contributed by atoms with van der Waals surface area (Å²) in [7, 11) is 0. The molecule has 0 aliphatic heterocycles. The molecule has 0 saturated carbocycles. The smallest absolute Gasteiger partial charge is 0.337 e. The van der Waals surface area contributed by atoms with E-state index in [4.69, 9.17) is 16.7 Å². The standard InChI is InChI=1S/C11H14ClNO4S/c1-2-3-4-13-9-6-8(12)10(18(16)17)5-7(9)11(14)15/h5-6,13H,2-4H2,1H3,(H,14,15)(H,16,17)/p-1. The van der Waals surface area contributed by atoms with Gasteiger partial charge in [-0.25, -0.2) is 4.79 Å². The third-order valence-electron chi connectivity index (χ3n) is 2.33. The first kappa shape index (κ1) is 14.9. The first-order valence-electron chi connectivity index (χ1n) is 5.37. The number of hydrogen-bond acceptors (Lipinski definition) is 4. The summed E-state index contributed by atoms with van der Waals surface area (Å²) in [5, 5.41) is 12.0. The summed E-state index contributed by atoms with van der Waals surface area (Å²) in [6.07, 6.45) is 1.84. The van der Waals surface area contributed by atoms with Crippen molar-refractivity contribution >= 4 is 34.3 Å². The lowest BCUT2D eigenvalue weighted by Gasteiger charge is -2.14. The van der Waals surface area contributed by atoms with Gasteiger partial charge in [-0.1, -0.05) is 24.9 Å². The van der Waals surface area contributed by atoms with Crippen molar-refractivity contribution in [2.24, 2.45) is 0 Å². The van der Waals surface area contributed by atoms with Gasteiger partial charge in [-0.05, 0) is 29.6 Å². The number of nitrogens with one attached hydrogen (secondary N) is 1. The molecule has 1 aromatic carbocycles. The van der Waals surface area contributed by atoms with Gasteiger partial charge in [0.25, 0.3) is 0 Å². The van der Waals surface area contributed by atoms with Crippen molar-refractivity contribution in [3.05, 3.63) is 22.7 Å². The Labute approximate surface area is 112 Å². The normalized spacial score (nSPS) is 12.2. The number of halogens is 1. The minimum absolute atomic E-state index is 0.00679. The van der Waals surface area contributed by atoms with E-state index in [0.717, 1.165) is 18.9 Å². The van der Waals surface area contributed by atoms with E-state index in [1.807, 2.05) is 6.92 Å². The van der Waals surface area contributed by atoms with Crippen molar-refractivity contribution in [1.29, 1.82) is 0 Å². The minimum Gasteiger partial charge on any atom is -0.768 e. The van der Waals surface area contributed by atoms with Crippen LogP contribution in [0, 0.1) is 0 Å². The van der Waals surface area contributed by atoms with Crippen molar-refractivity contribution in [1.82, 2.24) is 0 Å². The maximum Gasteiger partial charge on any atom is 0.337 e. The highest BCUT2D eigenvalue weighted by Gasteiger charge is 2.14. The number of carbonyl (C=O) groups is 1. The number of rotatable bonds is 6. The lowest BCUT2D eigenvalue weighted by atomic mass is 10.1. The molecule has 0 aromatic heterocycles. The maximum atomic E-state index is 11.1. The van der Waals surface area contributed by atoms with E-state index >= 15 is 0 Å². The van der Waals surface area contributed by atoms with Crippen LogP contribution in [0.15, 0.2) is 17.0 Å². The number of benzene rings is 1. The van der Waals surface area contributed by atoms with Gasteiger partial charge in [-0.15, -0.1) is 0 Å². The summed E-state index contributed by atoms with van der Waals surface area (Å²) in [5.74, 6) is -1.20. The van der Waals surface area contributed by atoms with Gasteiger partial charge in [0, 0.05) is 11.4 Å². The van der Waals surface area contributed by atoms with Crippen molar-refractivity contribution < 1.29 is 18.7 Å². The number of carboxylic acids is 1. The highest BCUT2D eigenvalue weighted by Crippen LogP contribution is 2.27. The monoisotopic (exact) mass is 290 g/mol. The Bertz CT molecular complexity index is 478. The van der Waals surface area contributed by atoms with Crippen LogP contribution >= 0.6 is 11.6 Å². The van der Waals surface area contributed by atoms with Gasteiger partial charge in [-0.3, -0.25) is 4.21 Å². The molecule has 1 unspecified atom stereocenters. The zero-order valence-electron chi connectivity index (χ0n) is 9.73. The van der Waals surface area contributed by atoms with Crippen molar-refractivity contribution in [2.45, 2.75) is 24.7 Å². The summed E-state index contributed by atoms with van der Waals surface area (Å²) in [5.41, 5.74) is 0.227. The van der Waals surface area contributed by atoms with Gasteiger partial charge >= 0.3 is 5.97 Å². The van der Waals surface area contributed by atoms with Crippen molar-refractivity contribution in [3.63, 3.8) is 0 Å². The zero-order valence-corrected chi connectivity index (χ0v) is 11.3. The predicted molar refractivity (Wildman–Crippen MR) is 69.0 cm³/mol. The van der Waals surface area contributed by atoms with Gasteiger partial charge in [0.15, 0.2) is 0 Å². The van der Waals surface area contributed by atoms with Crippen LogP contribution in [0.2, 0.25) is 5.02 Å². The molecule has 5 nitrogen and oxygen atoms in total. The molecule has 0 radical (unpaired) electrons. The molecule has 100 valence electrons. The third kappa shape index (κ3) is 3.69. The fraction of sp³-hybridized carbons (Fsp3) is 0.364. The first-order chi connectivity index (χ1) is 8.47. The second kappa shape index (κ2) is 6.72. The molecule has 0 heterocycles. The molecule has 0 bridgehead atoms. The fourth-order valence-corrected chi connectivity index (χ4v) is 2.19. The van der Waals surface area contributed by atoms with Crippen LogP contribution in [0.5, 0.6) is 0 Å². The van der Waals surface area contributed by atoms with Gasteiger partial charge in [-0.2, -0.15) is 0 Å². The minimum atomic E-state index is -2.56. The summed E-state index contributed by atoms with van der Waals surface area (Å²) in [4.78, 5) is 10.8. The van der Waals surface area contributed by atoms with Crippen LogP contribution in [0.4, 0.5) is 5.69 Å². The van der Waals surface area contributed by atoms with E-state index in [0.29, 0.717) is 12.2 Å². The Morgan fingerprint density at radius 2 is 2.22 bits per heavy atom. The molecule has 7 heteroatoms. The summed E-state index contributed by atoms with van der Waals surface area (Å²) < 4.78 is 21.7. The van der Waals surface area contributed by atoms with E-state index in [9.17, 15) is 13.6 Å². The molecule has 2 N–H and O–H groups in total. The molecule has 0 saturated heterocycles. The largest absolute Gasteiger partial charge is 0.768 e. The number of carboxylic acid groups (broad SMARTS) is 1. The van der Waals surface area contributed by atoms with Gasteiger partial charge in [0.05, 0.1) is 16.3 Å². The van der Waals surface area contributed by atoms with E-state index in [-0.39, 0.29) is 15.5 Å². The quantitative estimate of drug-likeness (QED) is 0.620. The van der Waals surface area contributed by atoms with Crippen molar-refractivity contribution in [3.8, 4) is 0 Å². The van der Waals surface area contributed by atoms with E-state index in [1.54, 1.807) is 0 Å². The van der Waals surface area contributed by atoms with Crippen LogP contribution in [-0.4, -0.2) is 26.4 Å². The molecule has 0 spiro atoms. The average molecular weight is 291 g/mol. The topological polar surface area (TPSA) is 89.5 Å². The third-order valence-corrected chi connectivity index (χ3v) is 3.45. The zero-order chi connectivity index (χ0) is 13.7. The molecule has 0 aliphatic carbocycles. The van der Waals surface area contributed by atoms with E-state index in [2.05, 4.69) is 5.32 Å². The summed E-state index contributed by atoms with van der Waals surface area (Å²) >= 11 is 3.23. The van der Waals surface area contributed by atoms with Crippen LogP contribution < -0.4 is 5.32 Å². The molecule has 0 amide bonds. The Hall–Kier alpha value is -1.11. The highest BCUT2D eigenvalue weighted by molar-refractivity contribution is 7.79. The van der Waals surface area contributed by atoms with Gasteiger partial charge in [0.1, 0.15) is 0 Å². The molecule has 1 rings (SSSR count). The molecule has 18 heavy (non-hydrogen) atoms.